The quantitative estimate of drug-likeness (QED) is 0.268. The van der Waals surface area contributed by atoms with Crippen LogP contribution in [0.2, 0.25) is 0 Å². The lowest BCUT2D eigenvalue weighted by molar-refractivity contribution is -0.134. The summed E-state index contributed by atoms with van der Waals surface area (Å²) in [5, 5.41) is 17.5. The van der Waals surface area contributed by atoms with E-state index in [1.807, 2.05) is 49.4 Å². The van der Waals surface area contributed by atoms with Crippen LogP contribution in [-0.2, 0) is 28.3 Å². The number of rotatable bonds is 8. The number of imidazole rings is 1. The molecule has 3 aromatic carbocycles. The fourth-order valence-electron chi connectivity index (χ4n) is 5.38. The van der Waals surface area contributed by atoms with Crippen LogP contribution in [0, 0.1) is 5.92 Å². The number of aliphatic hydroxyl groups is 1. The van der Waals surface area contributed by atoms with Gasteiger partial charge >= 0.3 is 6.03 Å². The number of likely N-dealkylation sites (N-methyl/N-ethyl adjacent to an activating group) is 1. The molecule has 12 nitrogen and oxygen atoms in total. The number of hydrogen-bond acceptors (Lipinski definition) is 7. The zero-order valence-electron chi connectivity index (χ0n) is 25.7. The Hall–Kier alpha value is -4.46. The Kier molecular flexibility index (Phi) is 9.42. The highest BCUT2D eigenvalue weighted by molar-refractivity contribution is 7.89. The van der Waals surface area contributed by atoms with Crippen molar-refractivity contribution >= 4 is 44.1 Å². The van der Waals surface area contributed by atoms with Crippen LogP contribution in [0.5, 0.6) is 5.75 Å². The SMILES string of the molecule is C[C@@H]1CN([C@@H](C)CO)C(=O)Cc2cc(NC(=O)Nc3cccc4ccccc34)ccc2O[C@@H]1CN(C)S(=O)(=O)c1cn(C)cn1. The normalized spacial score (nSPS) is 18.0. The predicted molar refractivity (Wildman–Crippen MR) is 172 cm³/mol. The molecule has 238 valence electrons. The summed E-state index contributed by atoms with van der Waals surface area (Å²) in [6, 6.07) is 17.5. The summed E-state index contributed by atoms with van der Waals surface area (Å²) in [7, 11) is -0.749. The van der Waals surface area contributed by atoms with Crippen LogP contribution < -0.4 is 15.4 Å². The Morgan fingerprint density at radius 3 is 2.64 bits per heavy atom. The van der Waals surface area contributed by atoms with E-state index in [1.165, 1.54) is 23.9 Å². The second-order valence-corrected chi connectivity index (χ2v) is 13.5. The fraction of sp³-hybridized carbons (Fsp3) is 0.344. The maximum absolute atomic E-state index is 13.5. The van der Waals surface area contributed by atoms with Gasteiger partial charge in [0.1, 0.15) is 11.9 Å². The monoisotopic (exact) mass is 634 g/mol. The number of ether oxygens (including phenoxy) is 1. The van der Waals surface area contributed by atoms with Gasteiger partial charge in [0.15, 0.2) is 5.03 Å². The minimum absolute atomic E-state index is 0.0114. The van der Waals surface area contributed by atoms with Crippen molar-refractivity contribution in [1.82, 2.24) is 18.8 Å². The number of aliphatic hydroxyl groups excluding tert-OH is 1. The van der Waals surface area contributed by atoms with E-state index in [9.17, 15) is 23.1 Å². The van der Waals surface area contributed by atoms with Gasteiger partial charge in [-0.1, -0.05) is 43.3 Å². The second kappa shape index (κ2) is 13.3. The van der Waals surface area contributed by atoms with Gasteiger partial charge in [-0.15, -0.1) is 0 Å². The maximum Gasteiger partial charge on any atom is 0.323 e. The summed E-state index contributed by atoms with van der Waals surface area (Å²) in [6.07, 6.45) is 2.16. The molecular formula is C32H38N6O6S. The van der Waals surface area contributed by atoms with Gasteiger partial charge in [0.2, 0.25) is 5.91 Å². The summed E-state index contributed by atoms with van der Waals surface area (Å²) in [6.45, 7) is 3.64. The number of carbonyl (C=O) groups is 2. The molecule has 5 rings (SSSR count). The first-order valence-electron chi connectivity index (χ1n) is 14.7. The predicted octanol–water partition coefficient (Wildman–Crippen LogP) is 3.69. The van der Waals surface area contributed by atoms with E-state index in [0.717, 1.165) is 10.8 Å². The highest BCUT2D eigenvalue weighted by Crippen LogP contribution is 2.30. The van der Waals surface area contributed by atoms with Gasteiger partial charge in [0.25, 0.3) is 10.0 Å². The molecule has 0 radical (unpaired) electrons. The van der Waals surface area contributed by atoms with Crippen molar-refractivity contribution in [3.8, 4) is 5.75 Å². The van der Waals surface area contributed by atoms with Crippen molar-refractivity contribution in [2.45, 2.75) is 37.4 Å². The molecule has 1 aliphatic heterocycles. The third-order valence-corrected chi connectivity index (χ3v) is 9.71. The highest BCUT2D eigenvalue weighted by atomic mass is 32.2. The number of sulfonamides is 1. The largest absolute Gasteiger partial charge is 0.488 e. The number of nitrogens with one attached hydrogen (secondary N) is 2. The molecule has 0 saturated heterocycles. The molecule has 1 aliphatic rings. The number of carbonyl (C=O) groups excluding carboxylic acids is 2. The van der Waals surface area contributed by atoms with Crippen molar-refractivity contribution in [2.24, 2.45) is 13.0 Å². The number of nitrogens with zero attached hydrogens (tertiary/aromatic N) is 4. The van der Waals surface area contributed by atoms with E-state index in [2.05, 4.69) is 15.6 Å². The van der Waals surface area contributed by atoms with Crippen LogP contribution in [0.1, 0.15) is 19.4 Å². The van der Waals surface area contributed by atoms with Crippen molar-refractivity contribution in [3.63, 3.8) is 0 Å². The molecule has 3 atom stereocenters. The summed E-state index contributed by atoms with van der Waals surface area (Å²) in [4.78, 5) is 32.2. The lowest BCUT2D eigenvalue weighted by Gasteiger charge is -2.33. The lowest BCUT2D eigenvalue weighted by Crippen LogP contribution is -2.48. The minimum Gasteiger partial charge on any atom is -0.488 e. The van der Waals surface area contributed by atoms with Gasteiger partial charge in [-0.25, -0.2) is 18.2 Å². The van der Waals surface area contributed by atoms with Crippen LogP contribution in [0.3, 0.4) is 0 Å². The molecular weight excluding hydrogens is 596 g/mol. The molecule has 0 saturated carbocycles. The summed E-state index contributed by atoms with van der Waals surface area (Å²) < 4.78 is 35.7. The number of amides is 3. The molecule has 13 heteroatoms. The Morgan fingerprint density at radius 1 is 1.16 bits per heavy atom. The van der Waals surface area contributed by atoms with Gasteiger partial charge in [-0.2, -0.15) is 4.31 Å². The van der Waals surface area contributed by atoms with Crippen LogP contribution in [0.4, 0.5) is 16.2 Å². The number of aromatic nitrogens is 2. The van der Waals surface area contributed by atoms with Crippen LogP contribution in [0.15, 0.2) is 78.2 Å². The molecule has 0 spiro atoms. The van der Waals surface area contributed by atoms with Crippen molar-refractivity contribution < 1.29 is 27.9 Å². The van der Waals surface area contributed by atoms with Crippen molar-refractivity contribution in [2.75, 3.05) is 37.4 Å². The minimum atomic E-state index is -3.91. The molecule has 45 heavy (non-hydrogen) atoms. The molecule has 0 aliphatic carbocycles. The van der Waals surface area contributed by atoms with E-state index in [1.54, 1.807) is 41.6 Å². The van der Waals surface area contributed by atoms with Crippen LogP contribution in [0.25, 0.3) is 10.8 Å². The van der Waals surface area contributed by atoms with Gasteiger partial charge in [-0.3, -0.25) is 4.79 Å². The highest BCUT2D eigenvalue weighted by Gasteiger charge is 2.34. The molecule has 3 amide bonds. The average molecular weight is 635 g/mol. The molecule has 0 fully saturated rings. The summed E-state index contributed by atoms with van der Waals surface area (Å²) in [5.74, 6) is -0.123. The van der Waals surface area contributed by atoms with Crippen molar-refractivity contribution in [3.05, 3.63) is 78.8 Å². The van der Waals surface area contributed by atoms with Gasteiger partial charge in [0, 0.05) is 49.4 Å². The van der Waals surface area contributed by atoms with Crippen LogP contribution in [-0.4, -0.2) is 83.1 Å². The number of urea groups is 1. The first kappa shape index (κ1) is 31.9. The Bertz CT molecular complexity index is 1800. The third-order valence-electron chi connectivity index (χ3n) is 8.01. The van der Waals surface area contributed by atoms with Gasteiger partial charge < -0.3 is 29.9 Å². The van der Waals surface area contributed by atoms with E-state index in [-0.39, 0.29) is 43.0 Å². The standard InChI is InChI=1S/C32H38N6O6S/c1-21-16-38(22(2)19-39)31(40)15-24-14-25(34-32(41)35-27-11-7-9-23-8-5-6-10-26(23)27)12-13-28(24)44-29(21)17-37(4)45(42,43)30-18-36(3)20-33-30/h5-14,18,20-22,29,39H,15-17,19H2,1-4H3,(H2,34,35,41)/t21-,22+,29-/m1/s1. The number of benzene rings is 3. The molecule has 4 aromatic rings. The van der Waals surface area contributed by atoms with Crippen LogP contribution >= 0.6 is 0 Å². The second-order valence-electron chi connectivity index (χ2n) is 11.5. The fourth-order valence-corrected chi connectivity index (χ4v) is 6.52. The van der Waals surface area contributed by atoms with Gasteiger partial charge in [-0.05, 0) is 36.6 Å². The molecule has 2 heterocycles. The molecule has 0 bridgehead atoms. The molecule has 3 N–H and O–H groups in total. The van der Waals surface area contributed by atoms with E-state index in [4.69, 9.17) is 4.74 Å². The first-order valence-corrected chi connectivity index (χ1v) is 16.1. The van der Waals surface area contributed by atoms with E-state index < -0.39 is 28.2 Å². The Morgan fingerprint density at radius 2 is 1.91 bits per heavy atom. The zero-order chi connectivity index (χ0) is 32.3. The van der Waals surface area contributed by atoms with Gasteiger partial charge in [0.05, 0.1) is 37.6 Å². The first-order chi connectivity index (χ1) is 21.5. The number of hydrogen-bond donors (Lipinski definition) is 3. The number of fused-ring (bicyclic) bond motifs is 2. The van der Waals surface area contributed by atoms with E-state index in [0.29, 0.717) is 22.7 Å². The molecule has 0 unspecified atom stereocenters. The molecule has 1 aromatic heterocycles. The third kappa shape index (κ3) is 7.11. The maximum atomic E-state index is 13.5. The smallest absolute Gasteiger partial charge is 0.323 e. The zero-order valence-corrected chi connectivity index (χ0v) is 26.5. The average Bonchev–Trinajstić information content (AvgIpc) is 3.48. The topological polar surface area (TPSA) is 146 Å². The lowest BCUT2D eigenvalue weighted by atomic mass is 10.0. The summed E-state index contributed by atoms with van der Waals surface area (Å²) in [5.41, 5.74) is 1.62. The van der Waals surface area contributed by atoms with E-state index >= 15 is 0 Å². The Labute approximate surface area is 262 Å². The number of aryl methyl sites for hydroxylation is 1. The summed E-state index contributed by atoms with van der Waals surface area (Å²) >= 11 is 0. The number of anilines is 2. The van der Waals surface area contributed by atoms with Crippen molar-refractivity contribution in [1.29, 1.82) is 0 Å². The Balaban J connectivity index is 1.41.